The fourth-order valence-electron chi connectivity index (χ4n) is 2.20. The molecule has 0 saturated carbocycles. The van der Waals surface area contributed by atoms with Gasteiger partial charge < -0.3 is 0 Å². The number of hydrogen-bond acceptors (Lipinski definition) is 1. The van der Waals surface area contributed by atoms with Crippen molar-refractivity contribution in [3.8, 4) is 16.9 Å². The van der Waals surface area contributed by atoms with E-state index in [1.54, 1.807) is 12.1 Å². The van der Waals surface area contributed by atoms with Crippen LogP contribution in [0.4, 0.5) is 0 Å². The molecule has 0 saturated heterocycles. The molecule has 3 rings (SSSR count). The zero-order chi connectivity index (χ0) is 15.0. The minimum absolute atomic E-state index is 0.504. The highest BCUT2D eigenvalue weighted by Gasteiger charge is 2.12. The van der Waals surface area contributed by atoms with Crippen LogP contribution in [0.1, 0.15) is 5.56 Å². The maximum absolute atomic E-state index is 6.10. The molecule has 2 aromatic carbocycles. The Bertz CT molecular complexity index is 792. The number of rotatable bonds is 2. The first-order valence-electron chi connectivity index (χ1n) is 6.32. The third kappa shape index (κ3) is 2.80. The number of hydrogen-bond donors (Lipinski definition) is 0. The predicted molar refractivity (Wildman–Crippen MR) is 88.8 cm³/mol. The van der Waals surface area contributed by atoms with Crippen LogP contribution < -0.4 is 0 Å². The van der Waals surface area contributed by atoms with Crippen molar-refractivity contribution < 1.29 is 0 Å². The molecule has 2 nitrogen and oxygen atoms in total. The van der Waals surface area contributed by atoms with Crippen molar-refractivity contribution in [2.45, 2.75) is 6.92 Å². The second kappa shape index (κ2) is 5.72. The predicted octanol–water partition coefficient (Wildman–Crippen LogP) is 5.81. The lowest BCUT2D eigenvalue weighted by Crippen LogP contribution is -1.99. The van der Waals surface area contributed by atoms with E-state index in [1.807, 2.05) is 48.1 Å². The van der Waals surface area contributed by atoms with Gasteiger partial charge in [0.05, 0.1) is 27.6 Å². The van der Waals surface area contributed by atoms with Gasteiger partial charge in [0, 0.05) is 10.6 Å². The van der Waals surface area contributed by atoms with Crippen LogP contribution in [0.5, 0.6) is 0 Å². The first kappa shape index (κ1) is 14.5. The molecule has 3 aromatic rings. The van der Waals surface area contributed by atoms with Gasteiger partial charge in [-0.1, -0.05) is 46.9 Å². The molecule has 0 aliphatic rings. The van der Waals surface area contributed by atoms with Gasteiger partial charge in [-0.2, -0.15) is 5.10 Å². The van der Waals surface area contributed by atoms with Gasteiger partial charge in [-0.05, 0) is 42.8 Å². The van der Waals surface area contributed by atoms with E-state index in [1.165, 1.54) is 0 Å². The summed E-state index contributed by atoms with van der Waals surface area (Å²) in [5.74, 6) is 0. The summed E-state index contributed by atoms with van der Waals surface area (Å²) < 4.78 is 1.85. The molecule has 0 aliphatic heterocycles. The molecule has 106 valence electrons. The molecule has 0 fully saturated rings. The number of nitrogens with zero attached hydrogens (tertiary/aromatic N) is 2. The number of halogens is 3. The van der Waals surface area contributed by atoms with Gasteiger partial charge in [0.2, 0.25) is 0 Å². The quantitative estimate of drug-likeness (QED) is 0.577. The van der Waals surface area contributed by atoms with Crippen LogP contribution in [-0.2, 0) is 0 Å². The summed E-state index contributed by atoms with van der Waals surface area (Å²) in [5, 5.41) is 6.17. The fourth-order valence-corrected chi connectivity index (χ4v) is 2.62. The largest absolute Gasteiger partial charge is 0.233 e. The Balaban J connectivity index is 2.16. The van der Waals surface area contributed by atoms with E-state index >= 15 is 0 Å². The third-order valence-corrected chi connectivity index (χ3v) is 4.21. The molecule has 0 radical (unpaired) electrons. The molecule has 0 aliphatic carbocycles. The number of aryl methyl sites for hydroxylation is 1. The number of benzene rings is 2. The van der Waals surface area contributed by atoms with E-state index < -0.39 is 0 Å². The van der Waals surface area contributed by atoms with Gasteiger partial charge in [-0.3, -0.25) is 0 Å². The molecule has 21 heavy (non-hydrogen) atoms. The average molecular weight is 338 g/mol. The van der Waals surface area contributed by atoms with E-state index in [2.05, 4.69) is 5.10 Å². The lowest BCUT2D eigenvalue weighted by atomic mass is 10.1. The summed E-state index contributed by atoms with van der Waals surface area (Å²) in [6.45, 7) is 2.02. The van der Waals surface area contributed by atoms with Crippen molar-refractivity contribution >= 4 is 34.8 Å². The van der Waals surface area contributed by atoms with E-state index in [4.69, 9.17) is 34.8 Å². The highest BCUT2D eigenvalue weighted by molar-refractivity contribution is 6.42. The van der Waals surface area contributed by atoms with Crippen molar-refractivity contribution in [2.75, 3.05) is 0 Å². The van der Waals surface area contributed by atoms with Crippen LogP contribution in [-0.4, -0.2) is 9.78 Å². The average Bonchev–Trinajstić information content (AvgIpc) is 2.85. The SMILES string of the molecule is Cc1cnn(-c2ccc(Cl)c(Cl)c2)c1-c1ccc(Cl)cc1. The van der Waals surface area contributed by atoms with E-state index in [-0.39, 0.29) is 0 Å². The molecule has 0 atom stereocenters. The van der Waals surface area contributed by atoms with Gasteiger partial charge in [0.1, 0.15) is 0 Å². The van der Waals surface area contributed by atoms with Gasteiger partial charge in [0.25, 0.3) is 0 Å². The van der Waals surface area contributed by atoms with Gasteiger partial charge in [0.15, 0.2) is 0 Å². The summed E-state index contributed by atoms with van der Waals surface area (Å²) in [4.78, 5) is 0. The minimum atomic E-state index is 0.504. The van der Waals surface area contributed by atoms with Crippen molar-refractivity contribution in [1.82, 2.24) is 9.78 Å². The summed E-state index contributed by atoms with van der Waals surface area (Å²) in [7, 11) is 0. The maximum atomic E-state index is 6.10. The molecule has 0 bridgehead atoms. The maximum Gasteiger partial charge on any atom is 0.0770 e. The Kier molecular flexibility index (Phi) is 3.94. The van der Waals surface area contributed by atoms with Gasteiger partial charge in [-0.15, -0.1) is 0 Å². The molecule has 1 heterocycles. The van der Waals surface area contributed by atoms with Crippen LogP contribution >= 0.6 is 34.8 Å². The van der Waals surface area contributed by atoms with Crippen molar-refractivity contribution in [2.24, 2.45) is 0 Å². The Morgan fingerprint density at radius 2 is 1.62 bits per heavy atom. The van der Waals surface area contributed by atoms with Crippen molar-refractivity contribution in [3.05, 3.63) is 69.3 Å². The van der Waals surface area contributed by atoms with E-state index in [9.17, 15) is 0 Å². The van der Waals surface area contributed by atoms with Crippen molar-refractivity contribution in [3.63, 3.8) is 0 Å². The Hall–Kier alpha value is -1.48. The molecule has 0 amide bonds. The van der Waals surface area contributed by atoms with Crippen LogP contribution in [0.15, 0.2) is 48.7 Å². The Morgan fingerprint density at radius 1 is 0.905 bits per heavy atom. The zero-order valence-electron chi connectivity index (χ0n) is 11.1. The third-order valence-electron chi connectivity index (χ3n) is 3.22. The lowest BCUT2D eigenvalue weighted by molar-refractivity contribution is 0.888. The van der Waals surface area contributed by atoms with Gasteiger partial charge in [-0.25, -0.2) is 4.68 Å². The molecule has 0 N–H and O–H groups in total. The minimum Gasteiger partial charge on any atom is -0.233 e. The van der Waals surface area contributed by atoms with E-state index in [0.717, 1.165) is 22.5 Å². The smallest absolute Gasteiger partial charge is 0.0770 e. The first-order valence-corrected chi connectivity index (χ1v) is 7.45. The topological polar surface area (TPSA) is 17.8 Å². The number of aromatic nitrogens is 2. The molecule has 5 heteroatoms. The normalized spacial score (nSPS) is 10.9. The molecule has 0 spiro atoms. The monoisotopic (exact) mass is 336 g/mol. The first-order chi connectivity index (χ1) is 10.1. The van der Waals surface area contributed by atoms with Crippen LogP contribution in [0, 0.1) is 6.92 Å². The van der Waals surface area contributed by atoms with Crippen molar-refractivity contribution in [1.29, 1.82) is 0 Å². The van der Waals surface area contributed by atoms with Gasteiger partial charge >= 0.3 is 0 Å². The van der Waals surface area contributed by atoms with Crippen LogP contribution in [0.2, 0.25) is 15.1 Å². The zero-order valence-corrected chi connectivity index (χ0v) is 13.4. The second-order valence-corrected chi connectivity index (χ2v) is 5.94. The van der Waals surface area contributed by atoms with Crippen LogP contribution in [0.25, 0.3) is 16.9 Å². The highest BCUT2D eigenvalue weighted by atomic mass is 35.5. The summed E-state index contributed by atoms with van der Waals surface area (Å²) >= 11 is 18.0. The molecular formula is C16H11Cl3N2. The van der Waals surface area contributed by atoms with E-state index in [0.29, 0.717) is 15.1 Å². The summed E-state index contributed by atoms with van der Waals surface area (Å²) in [6, 6.07) is 13.1. The fraction of sp³-hybridized carbons (Fsp3) is 0.0625. The standard InChI is InChI=1S/C16H11Cl3N2/c1-10-9-20-21(13-6-7-14(18)15(19)8-13)16(10)11-2-4-12(17)5-3-11/h2-9H,1H3. The molecular weight excluding hydrogens is 327 g/mol. The summed E-state index contributed by atoms with van der Waals surface area (Å²) in [5.41, 5.74) is 3.98. The Morgan fingerprint density at radius 3 is 2.29 bits per heavy atom. The lowest BCUT2D eigenvalue weighted by Gasteiger charge is -2.10. The summed E-state index contributed by atoms with van der Waals surface area (Å²) in [6.07, 6.45) is 1.83. The Labute approximate surface area is 137 Å². The highest BCUT2D eigenvalue weighted by Crippen LogP contribution is 2.30. The van der Waals surface area contributed by atoms with Crippen LogP contribution in [0.3, 0.4) is 0 Å². The molecule has 1 aromatic heterocycles. The molecule has 0 unspecified atom stereocenters. The second-order valence-electron chi connectivity index (χ2n) is 4.69.